The minimum absolute atomic E-state index is 0.323. The van der Waals surface area contributed by atoms with Crippen LogP contribution < -0.4 is 0 Å². The summed E-state index contributed by atoms with van der Waals surface area (Å²) in [7, 11) is 13.0. The maximum atomic E-state index is 6.48. The molecule has 0 N–H and O–H groups in total. The molecular formula is C14H25B2NO. The quantitative estimate of drug-likeness (QED) is 0.702. The van der Waals surface area contributed by atoms with E-state index in [2.05, 4.69) is 25.7 Å². The molecule has 18 heavy (non-hydrogen) atoms. The summed E-state index contributed by atoms with van der Waals surface area (Å²) in [5.74, 6) is 1.06. The number of rotatable bonds is 3. The minimum atomic E-state index is -0.662. The van der Waals surface area contributed by atoms with Crippen molar-refractivity contribution in [3.63, 3.8) is 0 Å². The lowest BCUT2D eigenvalue weighted by molar-refractivity contribution is 0.0372. The first-order valence-electron chi connectivity index (χ1n) is 7.28. The molecule has 0 spiro atoms. The molecule has 2 heterocycles. The molecule has 0 aromatic rings. The highest BCUT2D eigenvalue weighted by molar-refractivity contribution is 6.40. The van der Waals surface area contributed by atoms with Crippen molar-refractivity contribution in [1.82, 2.24) is 4.90 Å². The second-order valence-corrected chi connectivity index (χ2v) is 6.75. The molecule has 0 aromatic heterocycles. The first-order valence-corrected chi connectivity index (χ1v) is 7.28. The standard InChI is InChI=1S/C14H25B2NO/c1-4-11-9-17(10-13(11,2)3)14(15,16)12-5-7-18-8-6-12/h11-12H,4-10H2,1-3H3/t11-/m1/s1. The summed E-state index contributed by atoms with van der Waals surface area (Å²) in [5.41, 5.74) is 0.323. The van der Waals surface area contributed by atoms with Crippen LogP contribution in [0.3, 0.4) is 0 Å². The van der Waals surface area contributed by atoms with Crippen LogP contribution in [0.5, 0.6) is 0 Å². The van der Waals surface area contributed by atoms with Crippen LogP contribution >= 0.6 is 0 Å². The highest BCUT2D eigenvalue weighted by Crippen LogP contribution is 2.41. The molecule has 2 saturated heterocycles. The van der Waals surface area contributed by atoms with Gasteiger partial charge in [0, 0.05) is 26.3 Å². The highest BCUT2D eigenvalue weighted by atomic mass is 16.5. The summed E-state index contributed by atoms with van der Waals surface area (Å²) >= 11 is 0. The monoisotopic (exact) mass is 245 g/mol. The Labute approximate surface area is 115 Å². The van der Waals surface area contributed by atoms with Crippen LogP contribution in [-0.4, -0.2) is 52.2 Å². The Bertz CT molecular complexity index is 288. The topological polar surface area (TPSA) is 12.5 Å². The largest absolute Gasteiger partial charge is 0.381 e. The minimum Gasteiger partial charge on any atom is -0.381 e. The Morgan fingerprint density at radius 1 is 1.28 bits per heavy atom. The first kappa shape index (κ1) is 14.5. The summed E-state index contributed by atoms with van der Waals surface area (Å²) in [5, 5.41) is -0.662. The van der Waals surface area contributed by atoms with Crippen molar-refractivity contribution in [1.29, 1.82) is 0 Å². The highest BCUT2D eigenvalue weighted by Gasteiger charge is 2.45. The molecule has 2 aliphatic heterocycles. The molecule has 0 aliphatic carbocycles. The van der Waals surface area contributed by atoms with E-state index >= 15 is 0 Å². The van der Waals surface area contributed by atoms with Gasteiger partial charge in [0.2, 0.25) is 0 Å². The Morgan fingerprint density at radius 3 is 2.39 bits per heavy atom. The van der Waals surface area contributed by atoms with Crippen LogP contribution in [0.2, 0.25) is 0 Å². The second kappa shape index (κ2) is 5.20. The van der Waals surface area contributed by atoms with Crippen LogP contribution in [-0.2, 0) is 4.74 Å². The van der Waals surface area contributed by atoms with Gasteiger partial charge in [0.25, 0.3) is 0 Å². The van der Waals surface area contributed by atoms with Crippen LogP contribution in [0.1, 0.15) is 40.0 Å². The molecule has 2 fully saturated rings. The van der Waals surface area contributed by atoms with E-state index in [9.17, 15) is 0 Å². The maximum absolute atomic E-state index is 6.48. The molecule has 0 amide bonds. The lowest BCUT2D eigenvalue weighted by Crippen LogP contribution is -2.56. The fraction of sp³-hybridized carbons (Fsp3) is 1.00. The van der Waals surface area contributed by atoms with E-state index in [-0.39, 0.29) is 0 Å². The summed E-state index contributed by atoms with van der Waals surface area (Å²) in [6.07, 6.45) is 3.18. The molecule has 2 nitrogen and oxygen atoms in total. The van der Waals surface area contributed by atoms with Gasteiger partial charge in [-0.2, -0.15) is 0 Å². The van der Waals surface area contributed by atoms with E-state index in [4.69, 9.17) is 20.4 Å². The summed E-state index contributed by atoms with van der Waals surface area (Å²) in [6, 6.07) is 0. The van der Waals surface area contributed by atoms with E-state index in [1.54, 1.807) is 0 Å². The van der Waals surface area contributed by atoms with Gasteiger partial charge in [-0.1, -0.05) is 32.5 Å². The fourth-order valence-electron chi connectivity index (χ4n) is 3.59. The predicted molar refractivity (Wildman–Crippen MR) is 76.9 cm³/mol. The number of likely N-dealkylation sites (tertiary alicyclic amines) is 1. The van der Waals surface area contributed by atoms with Crippen molar-refractivity contribution >= 4 is 15.7 Å². The third-order valence-electron chi connectivity index (χ3n) is 5.06. The number of hydrogen-bond acceptors (Lipinski definition) is 2. The molecule has 0 unspecified atom stereocenters. The Morgan fingerprint density at radius 2 is 1.89 bits per heavy atom. The van der Waals surface area contributed by atoms with E-state index in [0.29, 0.717) is 17.3 Å². The van der Waals surface area contributed by atoms with Crippen molar-refractivity contribution in [2.75, 3.05) is 26.3 Å². The zero-order valence-corrected chi connectivity index (χ0v) is 12.1. The fourth-order valence-corrected chi connectivity index (χ4v) is 3.59. The number of hydrogen-bond donors (Lipinski definition) is 0. The lowest BCUT2D eigenvalue weighted by atomic mass is 9.52. The van der Waals surface area contributed by atoms with Crippen LogP contribution in [0.25, 0.3) is 0 Å². The van der Waals surface area contributed by atoms with Crippen molar-refractivity contribution < 1.29 is 4.74 Å². The first-order chi connectivity index (χ1) is 8.38. The molecule has 2 aliphatic rings. The van der Waals surface area contributed by atoms with Gasteiger partial charge in [-0.15, -0.1) is 0 Å². The molecule has 2 rings (SSSR count). The molecule has 0 aromatic carbocycles. The lowest BCUT2D eigenvalue weighted by Gasteiger charge is -2.45. The molecule has 0 bridgehead atoms. The molecule has 4 radical (unpaired) electrons. The maximum Gasteiger partial charge on any atom is 0.0828 e. The molecule has 4 heteroatoms. The van der Waals surface area contributed by atoms with Crippen molar-refractivity contribution in [3.8, 4) is 0 Å². The SMILES string of the molecule is [B]C([B])(C1CCOCC1)N1C[C@@H](CC)C(C)(C)C1. The van der Waals surface area contributed by atoms with E-state index in [1.807, 2.05) is 0 Å². The van der Waals surface area contributed by atoms with Crippen molar-refractivity contribution in [2.24, 2.45) is 17.3 Å². The molecular weight excluding hydrogens is 220 g/mol. The van der Waals surface area contributed by atoms with Crippen LogP contribution in [0.4, 0.5) is 0 Å². The number of nitrogens with zero attached hydrogens (tertiary/aromatic N) is 1. The molecule has 0 saturated carbocycles. The average molecular weight is 245 g/mol. The number of ether oxygens (including phenoxy) is 1. The van der Waals surface area contributed by atoms with E-state index in [1.165, 1.54) is 6.42 Å². The van der Waals surface area contributed by atoms with Crippen molar-refractivity contribution in [3.05, 3.63) is 0 Å². The Balaban J connectivity index is 2.06. The van der Waals surface area contributed by atoms with Crippen molar-refractivity contribution in [2.45, 2.75) is 45.4 Å². The van der Waals surface area contributed by atoms with Gasteiger partial charge in [-0.25, -0.2) is 0 Å². The zero-order valence-electron chi connectivity index (χ0n) is 12.1. The van der Waals surface area contributed by atoms with E-state index < -0.39 is 5.34 Å². The normalized spacial score (nSPS) is 30.7. The van der Waals surface area contributed by atoms with Gasteiger partial charge in [-0.05, 0) is 30.1 Å². The second-order valence-electron chi connectivity index (χ2n) is 6.75. The van der Waals surface area contributed by atoms with Gasteiger partial charge in [0.1, 0.15) is 0 Å². The summed E-state index contributed by atoms with van der Waals surface area (Å²) < 4.78 is 5.41. The third-order valence-corrected chi connectivity index (χ3v) is 5.06. The van der Waals surface area contributed by atoms with Gasteiger partial charge >= 0.3 is 0 Å². The van der Waals surface area contributed by atoms with Gasteiger partial charge < -0.3 is 9.64 Å². The summed E-state index contributed by atoms with van der Waals surface area (Å²) in [4.78, 5) is 2.32. The molecule has 98 valence electrons. The zero-order chi connectivity index (χ0) is 13.4. The van der Waals surface area contributed by atoms with E-state index in [0.717, 1.165) is 39.1 Å². The Kier molecular flexibility index (Phi) is 4.18. The average Bonchev–Trinajstić information content (AvgIpc) is 2.66. The van der Waals surface area contributed by atoms with Gasteiger partial charge in [0.15, 0.2) is 0 Å². The summed E-state index contributed by atoms with van der Waals surface area (Å²) in [6.45, 7) is 10.6. The van der Waals surface area contributed by atoms with Gasteiger partial charge in [0.05, 0.1) is 15.7 Å². The Hall–Kier alpha value is 0.0499. The van der Waals surface area contributed by atoms with Crippen LogP contribution in [0.15, 0.2) is 0 Å². The smallest absolute Gasteiger partial charge is 0.0828 e. The van der Waals surface area contributed by atoms with Gasteiger partial charge in [-0.3, -0.25) is 0 Å². The third kappa shape index (κ3) is 2.65. The predicted octanol–water partition coefficient (Wildman–Crippen LogP) is 1.77. The molecule has 1 atom stereocenters. The van der Waals surface area contributed by atoms with Crippen LogP contribution in [0, 0.1) is 17.3 Å².